The Bertz CT molecular complexity index is 1130. The minimum atomic E-state index is -0.0243. The van der Waals surface area contributed by atoms with Crippen LogP contribution < -0.4 is 5.32 Å². The summed E-state index contributed by atoms with van der Waals surface area (Å²) in [5.74, 6) is -0.0243. The van der Waals surface area contributed by atoms with Gasteiger partial charge in [0.2, 0.25) is 0 Å². The lowest BCUT2D eigenvalue weighted by Crippen LogP contribution is -2.25. The second-order valence-corrected chi connectivity index (χ2v) is 6.73. The Kier molecular flexibility index (Phi) is 3.42. The third-order valence-electron chi connectivity index (χ3n) is 4.82. The lowest BCUT2D eigenvalue weighted by molar-refractivity contribution is 0.0951. The molecule has 2 aromatic carbocycles. The largest absolute Gasteiger partial charge is 0.349 e. The minimum Gasteiger partial charge on any atom is -0.349 e. The fraction of sp³-hybridized carbons (Fsp3) is 0.136. The van der Waals surface area contributed by atoms with Gasteiger partial charge in [-0.2, -0.15) is 0 Å². The summed E-state index contributed by atoms with van der Waals surface area (Å²) in [4.78, 5) is 21.6. The van der Waals surface area contributed by atoms with Gasteiger partial charge in [-0.15, -0.1) is 0 Å². The number of fused-ring (bicyclic) bond motifs is 3. The number of hydrogen-bond acceptors (Lipinski definition) is 3. The number of carbonyl (C=O) groups excluding carboxylic acids is 1. The molecule has 2 aromatic heterocycles. The van der Waals surface area contributed by atoms with E-state index in [2.05, 4.69) is 22.4 Å². The predicted octanol–water partition coefficient (Wildman–Crippen LogP) is 4.34. The summed E-state index contributed by atoms with van der Waals surface area (Å²) in [6.07, 6.45) is 5.81. The van der Waals surface area contributed by atoms with Gasteiger partial charge in [0.05, 0.1) is 11.2 Å². The van der Waals surface area contributed by atoms with Gasteiger partial charge in [0, 0.05) is 45.7 Å². The minimum absolute atomic E-state index is 0.0243. The molecule has 1 amide bonds. The van der Waals surface area contributed by atoms with E-state index in [-0.39, 0.29) is 5.91 Å². The molecule has 1 aliphatic rings. The van der Waals surface area contributed by atoms with Gasteiger partial charge in [0.25, 0.3) is 5.91 Å². The second kappa shape index (κ2) is 5.92. The Morgan fingerprint density at radius 3 is 2.62 bits per heavy atom. The maximum Gasteiger partial charge on any atom is 0.251 e. The van der Waals surface area contributed by atoms with E-state index in [0.29, 0.717) is 11.6 Å². The number of nitrogens with zero attached hydrogens (tertiary/aromatic N) is 2. The van der Waals surface area contributed by atoms with Crippen molar-refractivity contribution in [1.29, 1.82) is 0 Å². The Morgan fingerprint density at radius 1 is 0.962 bits per heavy atom. The van der Waals surface area contributed by atoms with Gasteiger partial charge in [-0.1, -0.05) is 36.4 Å². The number of amides is 1. The molecule has 0 atom stereocenters. The van der Waals surface area contributed by atoms with Gasteiger partial charge in [-0.3, -0.25) is 9.78 Å². The highest BCUT2D eigenvalue weighted by Crippen LogP contribution is 2.32. The van der Waals surface area contributed by atoms with Crippen LogP contribution in [0.1, 0.15) is 23.2 Å². The maximum absolute atomic E-state index is 12.4. The number of benzene rings is 2. The summed E-state index contributed by atoms with van der Waals surface area (Å²) >= 11 is 0. The van der Waals surface area contributed by atoms with Crippen molar-refractivity contribution in [2.45, 2.75) is 18.9 Å². The maximum atomic E-state index is 12.4. The Labute approximate surface area is 150 Å². The molecular formula is C22H17N3O. The fourth-order valence-electron chi connectivity index (χ4n) is 3.30. The molecule has 4 aromatic rings. The van der Waals surface area contributed by atoms with Gasteiger partial charge < -0.3 is 5.32 Å². The van der Waals surface area contributed by atoms with Crippen LogP contribution in [0.15, 0.2) is 67.0 Å². The molecular weight excluding hydrogens is 322 g/mol. The van der Waals surface area contributed by atoms with Crippen LogP contribution >= 0.6 is 0 Å². The number of carbonyl (C=O) groups is 1. The van der Waals surface area contributed by atoms with E-state index in [0.717, 1.165) is 45.8 Å². The molecule has 1 aliphatic carbocycles. The zero-order valence-electron chi connectivity index (χ0n) is 14.1. The van der Waals surface area contributed by atoms with Crippen LogP contribution in [0.3, 0.4) is 0 Å². The monoisotopic (exact) mass is 339 g/mol. The van der Waals surface area contributed by atoms with Crippen LogP contribution in [0.2, 0.25) is 0 Å². The van der Waals surface area contributed by atoms with Gasteiger partial charge in [-0.25, -0.2) is 4.98 Å². The van der Waals surface area contributed by atoms with Gasteiger partial charge in [-0.05, 0) is 31.0 Å². The van der Waals surface area contributed by atoms with E-state index in [1.165, 1.54) is 0 Å². The Hall–Kier alpha value is -3.27. The molecule has 5 rings (SSSR count). The molecule has 0 aliphatic heterocycles. The average molecular weight is 339 g/mol. The van der Waals surface area contributed by atoms with Crippen LogP contribution in [0.5, 0.6) is 0 Å². The van der Waals surface area contributed by atoms with Crippen LogP contribution in [-0.2, 0) is 0 Å². The molecule has 0 unspecified atom stereocenters. The lowest BCUT2D eigenvalue weighted by atomic mass is 10.0. The van der Waals surface area contributed by atoms with Gasteiger partial charge >= 0.3 is 0 Å². The van der Waals surface area contributed by atoms with E-state index < -0.39 is 0 Å². The molecule has 126 valence electrons. The van der Waals surface area contributed by atoms with Crippen molar-refractivity contribution >= 4 is 27.6 Å². The highest BCUT2D eigenvalue weighted by atomic mass is 16.1. The van der Waals surface area contributed by atoms with Crippen LogP contribution in [0.25, 0.3) is 32.9 Å². The molecule has 2 heterocycles. The summed E-state index contributed by atoms with van der Waals surface area (Å²) in [6, 6.07) is 18.2. The van der Waals surface area contributed by atoms with E-state index in [9.17, 15) is 4.79 Å². The highest BCUT2D eigenvalue weighted by Gasteiger charge is 2.24. The summed E-state index contributed by atoms with van der Waals surface area (Å²) in [6.45, 7) is 0. The number of nitrogens with one attached hydrogen (secondary N) is 1. The molecule has 26 heavy (non-hydrogen) atoms. The summed E-state index contributed by atoms with van der Waals surface area (Å²) in [5.41, 5.74) is 3.43. The van der Waals surface area contributed by atoms with Crippen LogP contribution in [0.4, 0.5) is 0 Å². The molecule has 0 radical (unpaired) electrons. The Balaban J connectivity index is 1.73. The predicted molar refractivity (Wildman–Crippen MR) is 103 cm³/mol. The topological polar surface area (TPSA) is 54.9 Å². The number of pyridine rings is 2. The summed E-state index contributed by atoms with van der Waals surface area (Å²) in [5, 5.41) is 6.16. The third kappa shape index (κ3) is 2.60. The van der Waals surface area contributed by atoms with Crippen molar-refractivity contribution in [1.82, 2.24) is 15.3 Å². The van der Waals surface area contributed by atoms with E-state index in [4.69, 9.17) is 4.98 Å². The van der Waals surface area contributed by atoms with Crippen molar-refractivity contribution in [3.63, 3.8) is 0 Å². The van der Waals surface area contributed by atoms with Crippen molar-refractivity contribution in [2.24, 2.45) is 0 Å². The van der Waals surface area contributed by atoms with Crippen molar-refractivity contribution < 1.29 is 4.79 Å². The van der Waals surface area contributed by atoms with E-state index >= 15 is 0 Å². The van der Waals surface area contributed by atoms with Crippen molar-refractivity contribution in [2.75, 3.05) is 0 Å². The average Bonchev–Trinajstić information content (AvgIpc) is 3.51. The normalized spacial score (nSPS) is 13.8. The number of aromatic nitrogens is 2. The first-order valence-electron chi connectivity index (χ1n) is 8.83. The van der Waals surface area contributed by atoms with Gasteiger partial charge in [0.1, 0.15) is 0 Å². The van der Waals surface area contributed by atoms with Crippen LogP contribution in [-0.4, -0.2) is 21.9 Å². The third-order valence-corrected chi connectivity index (χ3v) is 4.82. The van der Waals surface area contributed by atoms with Gasteiger partial charge in [0.15, 0.2) is 0 Å². The second-order valence-electron chi connectivity index (χ2n) is 6.73. The molecule has 1 fully saturated rings. The summed E-state index contributed by atoms with van der Waals surface area (Å²) < 4.78 is 0. The Morgan fingerprint density at radius 2 is 1.81 bits per heavy atom. The van der Waals surface area contributed by atoms with E-state index in [1.807, 2.05) is 48.7 Å². The van der Waals surface area contributed by atoms with E-state index in [1.54, 1.807) is 6.20 Å². The quantitative estimate of drug-likeness (QED) is 0.565. The fourth-order valence-corrected chi connectivity index (χ4v) is 3.30. The van der Waals surface area contributed by atoms with Crippen LogP contribution in [0, 0.1) is 0 Å². The first-order chi connectivity index (χ1) is 12.8. The first-order valence-corrected chi connectivity index (χ1v) is 8.83. The number of hydrogen-bond donors (Lipinski definition) is 1. The standard InChI is InChI=1S/C22H17N3O/c26-22(24-16-7-8-16)15-6-9-17-19-13-23-11-10-18(19)21(25-20(17)12-15)14-4-2-1-3-5-14/h1-6,9-13,16H,7-8H2,(H,24,26). The highest BCUT2D eigenvalue weighted by molar-refractivity contribution is 6.11. The first kappa shape index (κ1) is 15.0. The summed E-state index contributed by atoms with van der Waals surface area (Å²) in [7, 11) is 0. The zero-order chi connectivity index (χ0) is 17.5. The molecule has 0 bridgehead atoms. The van der Waals surface area contributed by atoms with Crippen molar-refractivity contribution in [3.8, 4) is 11.3 Å². The molecule has 4 nitrogen and oxygen atoms in total. The lowest BCUT2D eigenvalue weighted by Gasteiger charge is -2.11. The number of rotatable bonds is 3. The molecule has 4 heteroatoms. The SMILES string of the molecule is O=C(NC1CC1)c1ccc2c(c1)nc(-c1ccccc1)c1ccncc12. The molecule has 1 saturated carbocycles. The molecule has 0 saturated heterocycles. The smallest absolute Gasteiger partial charge is 0.251 e. The zero-order valence-corrected chi connectivity index (χ0v) is 14.1. The molecule has 0 spiro atoms. The molecule has 1 N–H and O–H groups in total. The van der Waals surface area contributed by atoms with Crippen molar-refractivity contribution in [3.05, 3.63) is 72.6 Å².